The molecule has 20 heavy (non-hydrogen) atoms. The molecule has 1 aliphatic carbocycles. The first kappa shape index (κ1) is 16.2. The van der Waals surface area contributed by atoms with Crippen molar-refractivity contribution >= 4 is 17.9 Å². The van der Waals surface area contributed by atoms with Gasteiger partial charge in [0.2, 0.25) is 0 Å². The van der Waals surface area contributed by atoms with Gasteiger partial charge in [-0.15, -0.1) is 0 Å². The van der Waals surface area contributed by atoms with Crippen LogP contribution in [0.2, 0.25) is 0 Å². The van der Waals surface area contributed by atoms with Gasteiger partial charge in [0.1, 0.15) is 6.10 Å². The summed E-state index contributed by atoms with van der Waals surface area (Å²) in [4.78, 5) is 34.7. The van der Waals surface area contributed by atoms with Crippen LogP contribution in [0.25, 0.3) is 0 Å². The van der Waals surface area contributed by atoms with Crippen LogP contribution < -0.4 is 0 Å². The third kappa shape index (κ3) is 4.36. The van der Waals surface area contributed by atoms with E-state index in [1.165, 1.54) is 6.92 Å². The second-order valence-electron chi connectivity index (χ2n) is 4.41. The lowest BCUT2D eigenvalue weighted by molar-refractivity contribution is -0.163. The second-order valence-corrected chi connectivity index (χ2v) is 4.41. The molecule has 1 rings (SSSR count). The Labute approximate surface area is 118 Å². The van der Waals surface area contributed by atoms with E-state index < -0.39 is 29.9 Å². The largest absolute Gasteiger partial charge is 0.465 e. The highest BCUT2D eigenvalue weighted by molar-refractivity contribution is 5.95. The van der Waals surface area contributed by atoms with Crippen molar-refractivity contribution < 1.29 is 28.6 Å². The molecule has 0 bridgehead atoms. The number of rotatable bonds is 6. The van der Waals surface area contributed by atoms with Gasteiger partial charge in [-0.1, -0.05) is 6.08 Å². The maximum atomic E-state index is 11.9. The van der Waals surface area contributed by atoms with Crippen LogP contribution in [0.3, 0.4) is 0 Å². The van der Waals surface area contributed by atoms with Gasteiger partial charge in [0, 0.05) is 12.8 Å². The summed E-state index contributed by atoms with van der Waals surface area (Å²) in [6.45, 7) is 5.05. The Morgan fingerprint density at radius 2 is 1.65 bits per heavy atom. The number of allylic oxidation sites excluding steroid dienone is 1. The molecule has 0 saturated carbocycles. The fraction of sp³-hybridized carbons (Fsp3) is 0.643. The zero-order chi connectivity index (χ0) is 15.1. The lowest BCUT2D eigenvalue weighted by Crippen LogP contribution is -2.34. The van der Waals surface area contributed by atoms with Crippen LogP contribution in [0.4, 0.5) is 0 Å². The molecule has 6 heteroatoms. The van der Waals surface area contributed by atoms with E-state index in [4.69, 9.17) is 14.2 Å². The topological polar surface area (TPSA) is 78.9 Å². The third-order valence-electron chi connectivity index (χ3n) is 2.90. The van der Waals surface area contributed by atoms with Gasteiger partial charge in [-0.3, -0.25) is 14.4 Å². The average Bonchev–Trinajstić information content (AvgIpc) is 2.77. The number of carbonyl (C=O) groups excluding carboxylic acids is 3. The first-order chi connectivity index (χ1) is 9.49. The molecular weight excluding hydrogens is 264 g/mol. The van der Waals surface area contributed by atoms with Crippen LogP contribution in [0, 0.1) is 11.8 Å². The van der Waals surface area contributed by atoms with Crippen molar-refractivity contribution in [1.29, 1.82) is 0 Å². The summed E-state index contributed by atoms with van der Waals surface area (Å²) in [5.41, 5.74) is 0. The van der Waals surface area contributed by atoms with Crippen molar-refractivity contribution in [2.75, 3.05) is 13.2 Å². The Morgan fingerprint density at radius 3 is 2.10 bits per heavy atom. The van der Waals surface area contributed by atoms with Crippen molar-refractivity contribution in [2.45, 2.75) is 33.3 Å². The molecule has 0 aromatic heterocycles. The van der Waals surface area contributed by atoms with Gasteiger partial charge in [-0.05, 0) is 26.3 Å². The van der Waals surface area contributed by atoms with Gasteiger partial charge < -0.3 is 14.2 Å². The highest BCUT2D eigenvalue weighted by Crippen LogP contribution is 2.29. The Bertz CT molecular complexity index is 382. The molecule has 0 unspecified atom stereocenters. The predicted molar refractivity (Wildman–Crippen MR) is 69.6 cm³/mol. The molecule has 0 N–H and O–H groups in total. The fourth-order valence-electron chi connectivity index (χ4n) is 2.15. The van der Waals surface area contributed by atoms with E-state index in [1.54, 1.807) is 26.0 Å². The maximum Gasteiger partial charge on any atom is 0.320 e. The van der Waals surface area contributed by atoms with E-state index >= 15 is 0 Å². The van der Waals surface area contributed by atoms with Crippen molar-refractivity contribution in [3.63, 3.8) is 0 Å². The molecule has 2 atom stereocenters. The lowest BCUT2D eigenvalue weighted by Gasteiger charge is -2.20. The molecule has 0 aromatic rings. The zero-order valence-electron chi connectivity index (χ0n) is 12.0. The molecule has 1 aliphatic rings. The Morgan fingerprint density at radius 1 is 1.10 bits per heavy atom. The summed E-state index contributed by atoms with van der Waals surface area (Å²) in [6.07, 6.45) is 3.34. The minimum absolute atomic E-state index is 0.193. The molecule has 0 fully saturated rings. The molecule has 0 radical (unpaired) electrons. The molecule has 0 saturated heterocycles. The summed E-state index contributed by atoms with van der Waals surface area (Å²) >= 11 is 0. The van der Waals surface area contributed by atoms with E-state index in [-0.39, 0.29) is 19.1 Å². The second kappa shape index (κ2) is 7.67. The monoisotopic (exact) mass is 284 g/mol. The van der Waals surface area contributed by atoms with Crippen molar-refractivity contribution in [2.24, 2.45) is 11.8 Å². The highest BCUT2D eigenvalue weighted by atomic mass is 16.6. The summed E-state index contributed by atoms with van der Waals surface area (Å²) < 4.78 is 14.9. The van der Waals surface area contributed by atoms with Gasteiger partial charge in [-0.2, -0.15) is 0 Å². The smallest absolute Gasteiger partial charge is 0.320 e. The molecular formula is C14H20O6. The molecule has 112 valence electrons. The van der Waals surface area contributed by atoms with Crippen LogP contribution in [-0.2, 0) is 28.6 Å². The summed E-state index contributed by atoms with van der Waals surface area (Å²) in [5.74, 6) is -3.00. The minimum Gasteiger partial charge on any atom is -0.465 e. The predicted octanol–water partition coefficient (Wildman–Crippen LogP) is 1.24. The number of ether oxygens (including phenoxy) is 3. The van der Waals surface area contributed by atoms with Crippen LogP contribution in [-0.4, -0.2) is 37.2 Å². The summed E-state index contributed by atoms with van der Waals surface area (Å²) in [6, 6.07) is 0. The number of hydrogen-bond donors (Lipinski definition) is 0. The molecule has 6 nitrogen and oxygen atoms in total. The van der Waals surface area contributed by atoms with Gasteiger partial charge in [0.25, 0.3) is 0 Å². The van der Waals surface area contributed by atoms with Crippen LogP contribution in [0.1, 0.15) is 27.2 Å². The maximum absolute atomic E-state index is 11.9. The number of esters is 3. The van der Waals surface area contributed by atoms with Crippen LogP contribution in [0.5, 0.6) is 0 Å². The van der Waals surface area contributed by atoms with E-state index in [9.17, 15) is 14.4 Å². The third-order valence-corrected chi connectivity index (χ3v) is 2.90. The number of hydrogen-bond acceptors (Lipinski definition) is 6. The zero-order valence-corrected chi connectivity index (χ0v) is 12.0. The van der Waals surface area contributed by atoms with Crippen molar-refractivity contribution in [3.05, 3.63) is 12.2 Å². The summed E-state index contributed by atoms with van der Waals surface area (Å²) in [5, 5.41) is 0. The normalized spacial score (nSPS) is 20.8. The SMILES string of the molecule is CCOC(=O)C(C(=O)OCC)[C@@H]1C=C[C@H](OC(C)=O)C1. The van der Waals surface area contributed by atoms with Crippen LogP contribution >= 0.6 is 0 Å². The van der Waals surface area contributed by atoms with Crippen molar-refractivity contribution in [1.82, 2.24) is 0 Å². The Balaban J connectivity index is 2.75. The van der Waals surface area contributed by atoms with Gasteiger partial charge in [-0.25, -0.2) is 0 Å². The Hall–Kier alpha value is -1.85. The molecule has 0 spiro atoms. The van der Waals surface area contributed by atoms with Gasteiger partial charge in [0.15, 0.2) is 5.92 Å². The van der Waals surface area contributed by atoms with E-state index in [0.29, 0.717) is 6.42 Å². The molecule has 0 aromatic carbocycles. The molecule has 0 amide bonds. The quantitative estimate of drug-likeness (QED) is 0.316. The van der Waals surface area contributed by atoms with E-state index in [2.05, 4.69) is 0 Å². The van der Waals surface area contributed by atoms with Gasteiger partial charge in [0.05, 0.1) is 13.2 Å². The van der Waals surface area contributed by atoms with E-state index in [0.717, 1.165) is 0 Å². The average molecular weight is 284 g/mol. The van der Waals surface area contributed by atoms with Crippen LogP contribution in [0.15, 0.2) is 12.2 Å². The number of carbonyl (C=O) groups is 3. The van der Waals surface area contributed by atoms with E-state index in [1.807, 2.05) is 0 Å². The fourth-order valence-corrected chi connectivity index (χ4v) is 2.15. The minimum atomic E-state index is -1.01. The summed E-state index contributed by atoms with van der Waals surface area (Å²) in [7, 11) is 0. The first-order valence-electron chi connectivity index (χ1n) is 6.68. The molecule has 0 heterocycles. The van der Waals surface area contributed by atoms with Gasteiger partial charge >= 0.3 is 17.9 Å². The lowest BCUT2D eigenvalue weighted by atomic mass is 9.91. The highest BCUT2D eigenvalue weighted by Gasteiger charge is 2.39. The van der Waals surface area contributed by atoms with Crippen molar-refractivity contribution in [3.8, 4) is 0 Å². The Kier molecular flexibility index (Phi) is 6.21. The first-order valence-corrected chi connectivity index (χ1v) is 6.68. The molecule has 0 aliphatic heterocycles. The standard InChI is InChI=1S/C14H20O6/c1-4-18-13(16)12(14(17)19-5-2)10-6-7-11(8-10)20-9(3)15/h6-7,10-12H,4-5,8H2,1-3H3/t10-,11+/m1/s1.